The topological polar surface area (TPSA) is 70.7 Å². The van der Waals surface area contributed by atoms with Crippen LogP contribution in [-0.2, 0) is 26.9 Å². The minimum Gasteiger partial charge on any atom is -0.382 e. The molecule has 0 spiro atoms. The largest absolute Gasteiger partial charge is 0.418 e. The highest BCUT2D eigenvalue weighted by Crippen LogP contribution is 2.34. The van der Waals surface area contributed by atoms with Crippen LogP contribution in [0.15, 0.2) is 48.5 Å². The van der Waals surface area contributed by atoms with E-state index in [9.17, 15) is 22.8 Å². The van der Waals surface area contributed by atoms with Crippen molar-refractivity contribution in [1.82, 2.24) is 4.90 Å². The third-order valence-electron chi connectivity index (χ3n) is 5.08. The zero-order valence-corrected chi connectivity index (χ0v) is 17.7. The summed E-state index contributed by atoms with van der Waals surface area (Å²) in [6.45, 7) is 4.09. The van der Waals surface area contributed by atoms with Crippen LogP contribution in [0.25, 0.3) is 0 Å². The van der Waals surface area contributed by atoms with Crippen molar-refractivity contribution in [2.45, 2.75) is 32.0 Å². The first kappa shape index (κ1) is 23.6. The van der Waals surface area contributed by atoms with E-state index in [-0.39, 0.29) is 24.1 Å². The Hall–Kier alpha value is -3.07. The molecule has 2 amide bonds. The van der Waals surface area contributed by atoms with Crippen molar-refractivity contribution in [3.05, 3.63) is 59.7 Å². The minimum absolute atomic E-state index is 0.0105. The van der Waals surface area contributed by atoms with E-state index in [0.29, 0.717) is 32.7 Å². The van der Waals surface area contributed by atoms with Gasteiger partial charge in [-0.15, -0.1) is 0 Å². The molecule has 1 fully saturated rings. The van der Waals surface area contributed by atoms with Crippen LogP contribution in [-0.4, -0.2) is 49.1 Å². The average molecular weight is 449 g/mol. The lowest BCUT2D eigenvalue weighted by atomic mass is 10.1. The van der Waals surface area contributed by atoms with Crippen LogP contribution in [0.5, 0.6) is 0 Å². The number of nitrogens with one attached hydrogen (secondary N) is 2. The van der Waals surface area contributed by atoms with Crippen LogP contribution in [0, 0.1) is 0 Å². The summed E-state index contributed by atoms with van der Waals surface area (Å²) in [5, 5.41) is 5.50. The summed E-state index contributed by atoms with van der Waals surface area (Å²) < 4.78 is 44.5. The van der Waals surface area contributed by atoms with E-state index in [1.165, 1.54) is 18.2 Å². The number of anilines is 2. The second-order valence-corrected chi connectivity index (χ2v) is 7.71. The van der Waals surface area contributed by atoms with E-state index in [1.807, 2.05) is 24.3 Å². The van der Waals surface area contributed by atoms with Gasteiger partial charge >= 0.3 is 6.18 Å². The number of benzene rings is 2. The van der Waals surface area contributed by atoms with E-state index in [0.717, 1.165) is 17.3 Å². The zero-order chi connectivity index (χ0) is 23.1. The smallest absolute Gasteiger partial charge is 0.382 e. The van der Waals surface area contributed by atoms with Gasteiger partial charge in [-0.2, -0.15) is 13.2 Å². The van der Waals surface area contributed by atoms with Crippen LogP contribution >= 0.6 is 0 Å². The normalized spacial score (nSPS) is 15.2. The fourth-order valence-electron chi connectivity index (χ4n) is 3.47. The maximum atomic E-state index is 13.1. The van der Waals surface area contributed by atoms with Gasteiger partial charge < -0.3 is 20.3 Å². The van der Waals surface area contributed by atoms with E-state index in [4.69, 9.17) is 4.74 Å². The number of hydrogen-bond acceptors (Lipinski definition) is 4. The van der Waals surface area contributed by atoms with Gasteiger partial charge in [-0.3, -0.25) is 9.59 Å². The number of rotatable bonds is 7. The third kappa shape index (κ3) is 6.71. The molecule has 1 atom stereocenters. The number of morpholine rings is 1. The Morgan fingerprint density at radius 1 is 1.06 bits per heavy atom. The molecule has 172 valence electrons. The molecule has 1 saturated heterocycles. The Morgan fingerprint density at radius 3 is 2.38 bits per heavy atom. The molecule has 0 saturated carbocycles. The molecule has 1 heterocycles. The Morgan fingerprint density at radius 2 is 1.72 bits per heavy atom. The summed E-state index contributed by atoms with van der Waals surface area (Å²) in [4.78, 5) is 26.4. The molecular formula is C23H26F3N3O3. The zero-order valence-electron chi connectivity index (χ0n) is 17.7. The van der Waals surface area contributed by atoms with Gasteiger partial charge in [0.1, 0.15) is 0 Å². The molecular weight excluding hydrogens is 423 g/mol. The number of hydrogen-bond donors (Lipinski definition) is 2. The van der Waals surface area contributed by atoms with Crippen molar-refractivity contribution in [2.75, 3.05) is 36.9 Å². The van der Waals surface area contributed by atoms with Gasteiger partial charge in [-0.25, -0.2) is 0 Å². The molecule has 0 radical (unpaired) electrons. The first-order valence-electron chi connectivity index (χ1n) is 10.4. The molecule has 2 aromatic carbocycles. The van der Waals surface area contributed by atoms with Crippen molar-refractivity contribution in [3.63, 3.8) is 0 Å². The number of alkyl halides is 3. The van der Waals surface area contributed by atoms with E-state index >= 15 is 0 Å². The highest BCUT2D eigenvalue weighted by atomic mass is 19.4. The van der Waals surface area contributed by atoms with Gasteiger partial charge in [0.05, 0.1) is 30.9 Å². The summed E-state index contributed by atoms with van der Waals surface area (Å²) in [7, 11) is 0. The molecule has 1 aliphatic heterocycles. The maximum Gasteiger partial charge on any atom is 0.418 e. The average Bonchev–Trinajstić information content (AvgIpc) is 2.75. The monoisotopic (exact) mass is 449 g/mol. The second kappa shape index (κ2) is 10.5. The number of halogens is 3. The van der Waals surface area contributed by atoms with Gasteiger partial charge in [-0.1, -0.05) is 24.3 Å². The summed E-state index contributed by atoms with van der Waals surface area (Å²) in [6, 6.07) is 11.9. The van der Waals surface area contributed by atoms with E-state index < -0.39 is 17.6 Å². The molecule has 2 N–H and O–H groups in total. The number of amides is 2. The fourth-order valence-corrected chi connectivity index (χ4v) is 3.47. The maximum absolute atomic E-state index is 13.1. The lowest BCUT2D eigenvalue weighted by Crippen LogP contribution is -2.41. The Labute approximate surface area is 184 Å². The first-order valence-corrected chi connectivity index (χ1v) is 10.4. The van der Waals surface area contributed by atoms with Gasteiger partial charge in [-0.05, 0) is 36.8 Å². The molecule has 0 bridgehead atoms. The summed E-state index contributed by atoms with van der Waals surface area (Å²) in [5.74, 6) is -0.465. The van der Waals surface area contributed by atoms with Crippen LogP contribution in [0.2, 0.25) is 0 Å². The first-order chi connectivity index (χ1) is 15.2. The van der Waals surface area contributed by atoms with Crippen LogP contribution in [0.3, 0.4) is 0 Å². The predicted octanol–water partition coefficient (Wildman–Crippen LogP) is 3.94. The fraction of sp³-hybridized carbons (Fsp3) is 0.391. The highest BCUT2D eigenvalue weighted by Gasteiger charge is 2.33. The second-order valence-electron chi connectivity index (χ2n) is 7.71. The van der Waals surface area contributed by atoms with Gasteiger partial charge in [0.25, 0.3) is 0 Å². The van der Waals surface area contributed by atoms with Gasteiger partial charge in [0, 0.05) is 31.2 Å². The highest BCUT2D eigenvalue weighted by molar-refractivity contribution is 5.92. The van der Waals surface area contributed by atoms with Crippen molar-refractivity contribution in [2.24, 2.45) is 0 Å². The quantitative estimate of drug-likeness (QED) is 0.672. The molecule has 9 heteroatoms. The standard InChI is InChI=1S/C23H26F3N3O3/c1-16(14-21(30)28-20-5-3-2-4-19(20)23(24,25)26)27-18-8-6-17(7-9-18)15-22(31)29-10-12-32-13-11-29/h2-9,16,27H,10-15H2,1H3,(H,28,30). The number of nitrogens with zero attached hydrogens (tertiary/aromatic N) is 1. The SMILES string of the molecule is CC(CC(=O)Nc1ccccc1C(F)(F)F)Nc1ccc(CC(=O)N2CCOCC2)cc1. The van der Waals surface area contributed by atoms with Crippen molar-refractivity contribution < 1.29 is 27.5 Å². The Bertz CT molecular complexity index is 926. The summed E-state index contributed by atoms with van der Waals surface area (Å²) in [5.41, 5.74) is 0.493. The molecule has 1 unspecified atom stereocenters. The summed E-state index contributed by atoms with van der Waals surface area (Å²) >= 11 is 0. The molecule has 1 aliphatic rings. The lowest BCUT2D eigenvalue weighted by molar-refractivity contribution is -0.137. The molecule has 0 aromatic heterocycles. The Balaban J connectivity index is 1.50. The van der Waals surface area contributed by atoms with Crippen LogP contribution < -0.4 is 10.6 Å². The predicted molar refractivity (Wildman–Crippen MR) is 115 cm³/mol. The van der Waals surface area contributed by atoms with E-state index in [2.05, 4.69) is 10.6 Å². The molecule has 6 nitrogen and oxygen atoms in total. The number of carbonyl (C=O) groups excluding carboxylic acids is 2. The third-order valence-corrected chi connectivity index (χ3v) is 5.08. The van der Waals surface area contributed by atoms with Crippen molar-refractivity contribution in [3.8, 4) is 0 Å². The van der Waals surface area contributed by atoms with E-state index in [1.54, 1.807) is 11.8 Å². The Kier molecular flexibility index (Phi) is 7.74. The molecule has 0 aliphatic carbocycles. The van der Waals surface area contributed by atoms with Crippen molar-refractivity contribution in [1.29, 1.82) is 0 Å². The molecule has 3 rings (SSSR count). The van der Waals surface area contributed by atoms with Crippen molar-refractivity contribution >= 4 is 23.2 Å². The summed E-state index contributed by atoms with van der Waals surface area (Å²) in [6.07, 6.45) is -4.25. The number of carbonyl (C=O) groups is 2. The lowest BCUT2D eigenvalue weighted by Gasteiger charge is -2.26. The molecule has 2 aromatic rings. The van der Waals surface area contributed by atoms with Gasteiger partial charge in [0.15, 0.2) is 0 Å². The number of ether oxygens (including phenoxy) is 1. The van der Waals surface area contributed by atoms with Gasteiger partial charge in [0.2, 0.25) is 11.8 Å². The molecule has 32 heavy (non-hydrogen) atoms. The van der Waals surface area contributed by atoms with Crippen LogP contribution in [0.4, 0.5) is 24.5 Å². The number of para-hydroxylation sites is 1. The van der Waals surface area contributed by atoms with Crippen LogP contribution in [0.1, 0.15) is 24.5 Å². The minimum atomic E-state index is -4.54.